The highest BCUT2D eigenvalue weighted by atomic mass is 16.5. The van der Waals surface area contributed by atoms with E-state index < -0.39 is 17.8 Å². The number of rotatable bonds is 11. The van der Waals surface area contributed by atoms with Gasteiger partial charge in [0.15, 0.2) is 0 Å². The van der Waals surface area contributed by atoms with Crippen molar-refractivity contribution in [2.24, 2.45) is 17.3 Å². The fourth-order valence-corrected chi connectivity index (χ4v) is 8.20. The van der Waals surface area contributed by atoms with Crippen molar-refractivity contribution in [3.63, 3.8) is 0 Å². The molecular formula is C32H54O4. The van der Waals surface area contributed by atoms with Crippen LogP contribution in [0.5, 0.6) is 0 Å². The Bertz CT molecular complexity index is 807. The first-order valence-electron chi connectivity index (χ1n) is 14.7. The minimum Gasteiger partial charge on any atom is -0.393 e. The Morgan fingerprint density at radius 2 is 1.78 bits per heavy atom. The fraction of sp³-hybridized carbons (Fsp3) is 0.812. The van der Waals surface area contributed by atoms with Gasteiger partial charge in [-0.05, 0) is 106 Å². The summed E-state index contributed by atoms with van der Waals surface area (Å²) in [5.74, 6) is 1.04. The third-order valence-electron chi connectivity index (χ3n) is 10.2. The van der Waals surface area contributed by atoms with Crippen LogP contribution in [0, 0.1) is 17.3 Å². The van der Waals surface area contributed by atoms with Crippen LogP contribution in [0.2, 0.25) is 0 Å². The fourth-order valence-electron chi connectivity index (χ4n) is 8.20. The lowest BCUT2D eigenvalue weighted by Crippen LogP contribution is -2.46. The highest BCUT2D eigenvalue weighted by molar-refractivity contribution is 5.38. The van der Waals surface area contributed by atoms with Gasteiger partial charge in [0.2, 0.25) is 0 Å². The number of aliphatic hydroxyl groups is 3. The summed E-state index contributed by atoms with van der Waals surface area (Å²) >= 11 is 0. The summed E-state index contributed by atoms with van der Waals surface area (Å²) < 4.78 is 6.32. The van der Waals surface area contributed by atoms with Crippen molar-refractivity contribution in [3.8, 4) is 0 Å². The summed E-state index contributed by atoms with van der Waals surface area (Å²) in [5, 5.41) is 31.5. The van der Waals surface area contributed by atoms with E-state index >= 15 is 0 Å². The normalized spacial score (nSPS) is 35.3. The first-order chi connectivity index (χ1) is 17.0. The van der Waals surface area contributed by atoms with E-state index in [4.69, 9.17) is 4.74 Å². The van der Waals surface area contributed by atoms with Crippen LogP contribution in [0.1, 0.15) is 118 Å². The Morgan fingerprint density at radius 3 is 2.42 bits per heavy atom. The van der Waals surface area contributed by atoms with E-state index in [2.05, 4.69) is 46.4 Å². The maximum atomic E-state index is 11.1. The average Bonchev–Trinajstić information content (AvgIpc) is 3.18. The quantitative estimate of drug-likeness (QED) is 0.283. The van der Waals surface area contributed by atoms with Gasteiger partial charge in [-0.15, -0.1) is 0 Å². The van der Waals surface area contributed by atoms with Crippen molar-refractivity contribution in [1.82, 2.24) is 0 Å². The smallest absolute Gasteiger partial charge is 0.0811 e. The van der Waals surface area contributed by atoms with Gasteiger partial charge in [-0.25, -0.2) is 0 Å². The molecule has 6 atom stereocenters. The number of hydrogen-bond acceptors (Lipinski definition) is 4. The van der Waals surface area contributed by atoms with Crippen LogP contribution in [0.3, 0.4) is 0 Å². The molecule has 0 unspecified atom stereocenters. The molecule has 0 aromatic heterocycles. The molecule has 4 nitrogen and oxygen atoms in total. The zero-order valence-corrected chi connectivity index (χ0v) is 23.8. The van der Waals surface area contributed by atoms with Crippen LogP contribution in [0.15, 0.2) is 35.5 Å². The van der Waals surface area contributed by atoms with E-state index in [-0.39, 0.29) is 11.0 Å². The molecule has 0 bridgehead atoms. The molecule has 0 amide bonds. The SMILES string of the molecule is C=C1/C(=C\C=C2/CCC[C@@]3(C)[C@H]2CC[C@@H]3[C@](C)(CCCC(O)(CCC)CCC)OC)C[C@@H](O)C[C@@H]1O. The van der Waals surface area contributed by atoms with Gasteiger partial charge in [0.05, 0.1) is 23.4 Å². The largest absolute Gasteiger partial charge is 0.393 e. The van der Waals surface area contributed by atoms with E-state index in [0.29, 0.717) is 24.7 Å². The van der Waals surface area contributed by atoms with Crippen LogP contribution in [0.4, 0.5) is 0 Å². The van der Waals surface area contributed by atoms with Crippen molar-refractivity contribution in [2.75, 3.05) is 7.11 Å². The molecule has 3 N–H and O–H groups in total. The molecular weight excluding hydrogens is 448 g/mol. The molecule has 0 aromatic carbocycles. The molecule has 0 saturated heterocycles. The van der Waals surface area contributed by atoms with Gasteiger partial charge >= 0.3 is 0 Å². The lowest BCUT2D eigenvalue weighted by atomic mass is 9.59. The third kappa shape index (κ3) is 6.37. The van der Waals surface area contributed by atoms with Crippen molar-refractivity contribution in [1.29, 1.82) is 0 Å². The van der Waals surface area contributed by atoms with Crippen molar-refractivity contribution in [2.45, 2.75) is 141 Å². The highest BCUT2D eigenvalue weighted by Gasteiger charge is 2.55. The predicted molar refractivity (Wildman–Crippen MR) is 149 cm³/mol. The molecule has 3 aliphatic carbocycles. The molecule has 3 fully saturated rings. The molecule has 3 rings (SSSR count). The summed E-state index contributed by atoms with van der Waals surface area (Å²) in [7, 11) is 1.89. The first kappa shape index (κ1) is 29.6. The van der Waals surface area contributed by atoms with E-state index in [0.717, 1.165) is 62.5 Å². The van der Waals surface area contributed by atoms with Crippen LogP contribution >= 0.6 is 0 Å². The van der Waals surface area contributed by atoms with Crippen LogP contribution in [-0.2, 0) is 4.74 Å². The second-order valence-corrected chi connectivity index (χ2v) is 12.7. The number of methoxy groups -OCH3 is 1. The van der Waals surface area contributed by atoms with Gasteiger partial charge < -0.3 is 20.1 Å². The molecule has 3 saturated carbocycles. The maximum absolute atomic E-state index is 11.1. The Morgan fingerprint density at radius 1 is 1.08 bits per heavy atom. The Labute approximate surface area is 220 Å². The third-order valence-corrected chi connectivity index (χ3v) is 10.2. The van der Waals surface area contributed by atoms with E-state index in [9.17, 15) is 15.3 Å². The van der Waals surface area contributed by atoms with E-state index in [1.54, 1.807) is 0 Å². The number of allylic oxidation sites excluding steroid dienone is 3. The van der Waals surface area contributed by atoms with E-state index in [1.165, 1.54) is 31.3 Å². The number of fused-ring (bicyclic) bond motifs is 1. The number of aliphatic hydroxyl groups excluding tert-OH is 2. The monoisotopic (exact) mass is 502 g/mol. The predicted octanol–water partition coefficient (Wildman–Crippen LogP) is 7.03. The van der Waals surface area contributed by atoms with Gasteiger partial charge in [0.1, 0.15) is 0 Å². The summed E-state index contributed by atoms with van der Waals surface area (Å²) in [6, 6.07) is 0. The minimum atomic E-state index is -0.638. The minimum absolute atomic E-state index is 0.185. The lowest BCUT2D eigenvalue weighted by Gasteiger charge is -2.49. The van der Waals surface area contributed by atoms with Crippen LogP contribution < -0.4 is 0 Å². The Kier molecular flexibility index (Phi) is 10.1. The summed E-state index contributed by atoms with van der Waals surface area (Å²) in [5.41, 5.74) is 2.76. The molecule has 0 aromatic rings. The second kappa shape index (κ2) is 12.3. The van der Waals surface area contributed by atoms with Crippen LogP contribution in [0.25, 0.3) is 0 Å². The maximum Gasteiger partial charge on any atom is 0.0811 e. The molecule has 0 radical (unpaired) electrons. The van der Waals surface area contributed by atoms with Gasteiger partial charge in [-0.2, -0.15) is 0 Å². The first-order valence-corrected chi connectivity index (χ1v) is 14.7. The van der Waals surface area contributed by atoms with Gasteiger partial charge in [0, 0.05) is 13.5 Å². The zero-order valence-electron chi connectivity index (χ0n) is 23.8. The van der Waals surface area contributed by atoms with E-state index in [1.807, 2.05) is 7.11 Å². The van der Waals surface area contributed by atoms with Gasteiger partial charge in [-0.1, -0.05) is 57.9 Å². The average molecular weight is 503 g/mol. The standard InChI is InChI=1S/C32H54O4/c1-7-16-32(35,17-8-2)20-10-19-31(5,36-6)29-15-14-27-24(11-9-18-30(27,29)4)12-13-25-21-26(33)22-28(34)23(25)3/h12-13,26-29,33-35H,3,7-11,14-22H2,1-2,4-6H3/b24-12+,25-13-/t26-,27+,28+,29+,30+,31+/m1/s1. The molecule has 206 valence electrons. The molecule has 3 aliphatic rings. The second-order valence-electron chi connectivity index (χ2n) is 12.7. The zero-order chi connectivity index (χ0) is 26.6. The molecule has 0 aliphatic heterocycles. The number of ether oxygens (including phenoxy) is 1. The molecule has 36 heavy (non-hydrogen) atoms. The van der Waals surface area contributed by atoms with Crippen molar-refractivity contribution >= 4 is 0 Å². The van der Waals surface area contributed by atoms with Crippen molar-refractivity contribution < 1.29 is 20.1 Å². The summed E-state index contributed by atoms with van der Waals surface area (Å²) in [6.45, 7) is 13.2. The molecule has 4 heteroatoms. The number of hydrogen-bond donors (Lipinski definition) is 3. The van der Waals surface area contributed by atoms with Crippen molar-refractivity contribution in [3.05, 3.63) is 35.5 Å². The van der Waals surface area contributed by atoms with Gasteiger partial charge in [-0.3, -0.25) is 0 Å². The summed E-state index contributed by atoms with van der Waals surface area (Å²) in [4.78, 5) is 0. The van der Waals surface area contributed by atoms with Gasteiger partial charge in [0.25, 0.3) is 0 Å². The Balaban J connectivity index is 1.74. The molecule has 0 heterocycles. The lowest BCUT2D eigenvalue weighted by molar-refractivity contribution is -0.0970. The topological polar surface area (TPSA) is 69.9 Å². The highest BCUT2D eigenvalue weighted by Crippen LogP contribution is 2.61. The summed E-state index contributed by atoms with van der Waals surface area (Å²) in [6.07, 6.45) is 16.8. The molecule has 0 spiro atoms. The van der Waals surface area contributed by atoms with Crippen LogP contribution in [-0.4, -0.2) is 45.8 Å². The Hall–Kier alpha value is -0.940.